The quantitative estimate of drug-likeness (QED) is 0.882. The monoisotopic (exact) mass is 356 g/mol. The molecule has 1 N–H and O–H groups in total. The van der Waals surface area contributed by atoms with Gasteiger partial charge in [0.25, 0.3) is 0 Å². The van der Waals surface area contributed by atoms with Gasteiger partial charge in [0.15, 0.2) is 6.04 Å². The number of rotatable bonds is 2. The van der Waals surface area contributed by atoms with Gasteiger partial charge < -0.3 is 10.2 Å². The number of carbonyl (C=O) groups is 1. The van der Waals surface area contributed by atoms with Crippen molar-refractivity contribution in [3.8, 4) is 0 Å². The maximum absolute atomic E-state index is 13.4. The average molecular weight is 356 g/mol. The zero-order chi connectivity index (χ0) is 17.9. The van der Waals surface area contributed by atoms with Gasteiger partial charge in [-0.3, -0.25) is 4.79 Å². The normalized spacial score (nSPS) is 34.6. The second kappa shape index (κ2) is 5.64. The Kier molecular flexibility index (Phi) is 3.77. The lowest BCUT2D eigenvalue weighted by atomic mass is 10.1. The third kappa shape index (κ3) is 2.89. The van der Waals surface area contributed by atoms with E-state index in [4.69, 9.17) is 0 Å². The molecule has 8 heteroatoms. The third-order valence-electron chi connectivity index (χ3n) is 5.70. The molecular weight excluding hydrogens is 333 g/mol. The number of nitrogens with one attached hydrogen (secondary N) is 1. The molecule has 1 saturated carbocycles. The number of halogens is 3. The van der Waals surface area contributed by atoms with Crippen molar-refractivity contribution in [1.82, 2.24) is 14.7 Å². The van der Waals surface area contributed by atoms with Gasteiger partial charge >= 0.3 is 6.18 Å². The standard InChI is InChI=1S/C17H23F3N4O/c1-9-6-11(9)16(25)23-5-3-4-13(23)12-8-15-21-10(2)7-14(17(18,19)20)24(15)22-12/h8-11,13-14,21H,3-7H2,1-2H3/t9-,10-,11-,13+,14-/m1/s1. The molecule has 4 rings (SSSR count). The van der Waals surface area contributed by atoms with Crippen molar-refractivity contribution in [3.63, 3.8) is 0 Å². The molecule has 0 spiro atoms. The van der Waals surface area contributed by atoms with Gasteiger partial charge in [-0.2, -0.15) is 18.3 Å². The fourth-order valence-corrected chi connectivity index (χ4v) is 4.16. The highest BCUT2D eigenvalue weighted by atomic mass is 19.4. The number of carbonyl (C=O) groups excluding carboxylic acids is 1. The molecule has 1 aliphatic carbocycles. The predicted octanol–water partition coefficient (Wildman–Crippen LogP) is 3.51. The first-order valence-corrected chi connectivity index (χ1v) is 8.99. The predicted molar refractivity (Wildman–Crippen MR) is 86.0 cm³/mol. The molecule has 25 heavy (non-hydrogen) atoms. The smallest absolute Gasteiger partial charge is 0.368 e. The molecule has 1 aromatic rings. The van der Waals surface area contributed by atoms with Gasteiger partial charge in [0.2, 0.25) is 5.91 Å². The summed E-state index contributed by atoms with van der Waals surface area (Å²) in [7, 11) is 0. The lowest BCUT2D eigenvalue weighted by Crippen LogP contribution is -2.38. The molecule has 5 atom stereocenters. The van der Waals surface area contributed by atoms with Crippen LogP contribution in [0.5, 0.6) is 0 Å². The van der Waals surface area contributed by atoms with Crippen LogP contribution in [0, 0.1) is 11.8 Å². The second-order valence-electron chi connectivity index (χ2n) is 7.75. The average Bonchev–Trinajstić information content (AvgIpc) is 2.95. The molecule has 5 nitrogen and oxygen atoms in total. The van der Waals surface area contributed by atoms with Crippen LogP contribution in [-0.2, 0) is 4.79 Å². The number of aromatic nitrogens is 2. The van der Waals surface area contributed by atoms with Crippen LogP contribution in [0.15, 0.2) is 6.07 Å². The molecule has 0 bridgehead atoms. The number of anilines is 1. The molecular formula is C17H23F3N4O. The summed E-state index contributed by atoms with van der Waals surface area (Å²) in [6, 6.07) is -0.385. The molecule has 3 heterocycles. The van der Waals surface area contributed by atoms with E-state index in [-0.39, 0.29) is 30.3 Å². The van der Waals surface area contributed by atoms with Crippen LogP contribution >= 0.6 is 0 Å². The van der Waals surface area contributed by atoms with Crippen molar-refractivity contribution >= 4 is 11.7 Å². The summed E-state index contributed by atoms with van der Waals surface area (Å²) in [6.07, 6.45) is -1.83. The highest BCUT2D eigenvalue weighted by Crippen LogP contribution is 2.44. The summed E-state index contributed by atoms with van der Waals surface area (Å²) in [6.45, 7) is 4.47. The minimum atomic E-state index is -4.33. The third-order valence-corrected chi connectivity index (χ3v) is 5.70. The number of amides is 1. The summed E-state index contributed by atoms with van der Waals surface area (Å²) in [4.78, 5) is 14.4. The van der Waals surface area contributed by atoms with Gasteiger partial charge in [0, 0.05) is 24.6 Å². The Balaban J connectivity index is 1.62. The summed E-state index contributed by atoms with van der Waals surface area (Å²) in [5.41, 5.74) is 0.574. The first-order chi connectivity index (χ1) is 11.8. The SMILES string of the molecule is C[C@@H]1C[C@H](C(F)(F)F)n2nc([C@@H]3CCCN3C(=O)[C@@H]3C[C@H]3C)cc2N1. The van der Waals surface area contributed by atoms with Crippen LogP contribution in [0.3, 0.4) is 0 Å². The molecule has 138 valence electrons. The van der Waals surface area contributed by atoms with E-state index < -0.39 is 12.2 Å². The van der Waals surface area contributed by atoms with Crippen molar-refractivity contribution in [2.24, 2.45) is 11.8 Å². The first-order valence-electron chi connectivity index (χ1n) is 8.99. The zero-order valence-corrected chi connectivity index (χ0v) is 14.4. The van der Waals surface area contributed by atoms with Gasteiger partial charge in [-0.15, -0.1) is 0 Å². The Bertz CT molecular complexity index is 686. The van der Waals surface area contributed by atoms with Gasteiger partial charge in [-0.25, -0.2) is 4.68 Å². The molecule has 1 amide bonds. The van der Waals surface area contributed by atoms with Crippen molar-refractivity contribution in [3.05, 3.63) is 11.8 Å². The molecule has 0 aromatic carbocycles. The van der Waals surface area contributed by atoms with E-state index in [0.717, 1.165) is 23.9 Å². The molecule has 0 radical (unpaired) electrons. The van der Waals surface area contributed by atoms with Crippen molar-refractivity contribution in [1.29, 1.82) is 0 Å². The first kappa shape index (κ1) is 16.7. The van der Waals surface area contributed by atoms with Gasteiger partial charge in [0.1, 0.15) is 5.82 Å². The van der Waals surface area contributed by atoms with Crippen molar-refractivity contribution < 1.29 is 18.0 Å². The van der Waals surface area contributed by atoms with E-state index in [9.17, 15) is 18.0 Å². The van der Waals surface area contributed by atoms with Gasteiger partial charge in [-0.05, 0) is 38.5 Å². The van der Waals surface area contributed by atoms with E-state index in [2.05, 4.69) is 17.3 Å². The van der Waals surface area contributed by atoms with Crippen LogP contribution in [0.25, 0.3) is 0 Å². The van der Waals surface area contributed by atoms with E-state index in [1.54, 1.807) is 13.0 Å². The van der Waals surface area contributed by atoms with Crippen LogP contribution in [0.1, 0.15) is 57.3 Å². The van der Waals surface area contributed by atoms with Crippen molar-refractivity contribution in [2.45, 2.75) is 63.8 Å². The Labute approximate surface area is 144 Å². The Morgan fingerprint density at radius 1 is 1.32 bits per heavy atom. The molecule has 2 aliphatic heterocycles. The van der Waals surface area contributed by atoms with E-state index in [1.807, 2.05) is 4.90 Å². The molecule has 0 unspecified atom stereocenters. The van der Waals surface area contributed by atoms with Crippen LogP contribution < -0.4 is 5.32 Å². The van der Waals surface area contributed by atoms with E-state index in [1.165, 1.54) is 0 Å². The van der Waals surface area contributed by atoms with E-state index in [0.29, 0.717) is 24.0 Å². The van der Waals surface area contributed by atoms with Crippen LogP contribution in [0.4, 0.5) is 19.0 Å². The maximum atomic E-state index is 13.4. The molecule has 2 fully saturated rings. The Morgan fingerprint density at radius 3 is 2.68 bits per heavy atom. The summed E-state index contributed by atoms with van der Waals surface area (Å²) in [5.74, 6) is 1.03. The number of likely N-dealkylation sites (tertiary alicyclic amines) is 1. The molecule has 1 aromatic heterocycles. The number of alkyl halides is 3. The van der Waals surface area contributed by atoms with Crippen molar-refractivity contribution in [2.75, 3.05) is 11.9 Å². The minimum Gasteiger partial charge on any atom is -0.368 e. The summed E-state index contributed by atoms with van der Waals surface area (Å²) < 4.78 is 41.2. The number of nitrogens with zero attached hydrogens (tertiary/aromatic N) is 3. The Morgan fingerprint density at radius 2 is 2.04 bits per heavy atom. The lowest BCUT2D eigenvalue weighted by Gasteiger charge is -2.31. The lowest BCUT2D eigenvalue weighted by molar-refractivity contribution is -0.173. The molecule has 3 aliphatic rings. The van der Waals surface area contributed by atoms with Gasteiger partial charge in [0.05, 0.1) is 11.7 Å². The topological polar surface area (TPSA) is 50.2 Å². The zero-order valence-electron chi connectivity index (χ0n) is 14.4. The number of fused-ring (bicyclic) bond motifs is 1. The second-order valence-corrected chi connectivity index (χ2v) is 7.75. The van der Waals surface area contributed by atoms with Gasteiger partial charge in [-0.1, -0.05) is 6.92 Å². The number of hydrogen-bond donors (Lipinski definition) is 1. The van der Waals surface area contributed by atoms with E-state index >= 15 is 0 Å². The minimum absolute atomic E-state index is 0.0372. The molecule has 1 saturated heterocycles. The maximum Gasteiger partial charge on any atom is 0.410 e. The fraction of sp³-hybridized carbons (Fsp3) is 0.765. The fourth-order valence-electron chi connectivity index (χ4n) is 4.16. The summed E-state index contributed by atoms with van der Waals surface area (Å²) in [5, 5.41) is 7.38. The number of hydrogen-bond acceptors (Lipinski definition) is 3. The summed E-state index contributed by atoms with van der Waals surface area (Å²) >= 11 is 0. The highest BCUT2D eigenvalue weighted by molar-refractivity contribution is 5.82. The highest BCUT2D eigenvalue weighted by Gasteiger charge is 2.47. The largest absolute Gasteiger partial charge is 0.410 e. The Hall–Kier alpha value is -1.73. The van der Waals surface area contributed by atoms with Crippen LogP contribution in [-0.4, -0.2) is 39.4 Å². The van der Waals surface area contributed by atoms with Crippen LogP contribution in [0.2, 0.25) is 0 Å².